The first-order valence-corrected chi connectivity index (χ1v) is 7.42. The van der Waals surface area contributed by atoms with Gasteiger partial charge in [-0.15, -0.1) is 23.7 Å². The van der Waals surface area contributed by atoms with Gasteiger partial charge in [0.25, 0.3) is 5.91 Å². The summed E-state index contributed by atoms with van der Waals surface area (Å²) < 4.78 is 38.2. The molecule has 1 saturated carbocycles. The summed E-state index contributed by atoms with van der Waals surface area (Å²) in [4.78, 5) is 11.0. The first kappa shape index (κ1) is 18.3. The largest absolute Gasteiger partial charge is 0.426 e. The summed E-state index contributed by atoms with van der Waals surface area (Å²) in [6.07, 6.45) is 0.213. The van der Waals surface area contributed by atoms with Gasteiger partial charge in [-0.2, -0.15) is 13.2 Å². The Morgan fingerprint density at radius 3 is 2.52 bits per heavy atom. The van der Waals surface area contributed by atoms with Crippen molar-refractivity contribution in [2.45, 2.75) is 43.8 Å². The molecule has 0 saturated heterocycles. The molecule has 0 aromatic carbocycles. The average molecular weight is 343 g/mol. The van der Waals surface area contributed by atoms with Crippen molar-refractivity contribution >= 4 is 29.7 Å². The molecule has 1 amide bonds. The Hall–Kier alpha value is -0.790. The number of nitrogens with one attached hydrogen (secondary N) is 1. The smallest absolute Gasteiger partial charge is 0.350 e. The van der Waals surface area contributed by atoms with E-state index in [0.29, 0.717) is 11.3 Å². The van der Waals surface area contributed by atoms with Gasteiger partial charge in [0.1, 0.15) is 4.88 Å². The molecule has 3 nitrogen and oxygen atoms in total. The number of halogens is 4. The van der Waals surface area contributed by atoms with E-state index >= 15 is 0 Å². The maximum Gasteiger partial charge on any atom is 0.426 e. The quantitative estimate of drug-likeness (QED) is 0.882. The molecule has 1 aliphatic rings. The van der Waals surface area contributed by atoms with Crippen LogP contribution in [0.1, 0.15) is 47.3 Å². The number of hydrogen-bond acceptors (Lipinski definition) is 3. The molecule has 21 heavy (non-hydrogen) atoms. The molecular formula is C13H18ClF3N2OS. The molecule has 0 bridgehead atoms. The lowest BCUT2D eigenvalue weighted by Crippen LogP contribution is -2.51. The topological polar surface area (TPSA) is 55.1 Å². The molecule has 2 rings (SSSR count). The molecule has 120 valence electrons. The Labute approximate surface area is 131 Å². The predicted octanol–water partition coefficient (Wildman–Crippen LogP) is 3.58. The number of alkyl halides is 3. The first-order chi connectivity index (χ1) is 9.32. The summed E-state index contributed by atoms with van der Waals surface area (Å²) in [6, 6.07) is 1.20. The molecule has 8 heteroatoms. The highest BCUT2D eigenvalue weighted by Crippen LogP contribution is 2.36. The van der Waals surface area contributed by atoms with Crippen molar-refractivity contribution in [3.05, 3.63) is 21.9 Å². The first-order valence-electron chi connectivity index (χ1n) is 6.54. The van der Waals surface area contributed by atoms with Gasteiger partial charge in [0, 0.05) is 12.1 Å². The van der Waals surface area contributed by atoms with Gasteiger partial charge >= 0.3 is 6.18 Å². The number of carbonyl (C=O) groups excluding carboxylic acids is 1. The summed E-state index contributed by atoms with van der Waals surface area (Å²) in [5.41, 5.74) is 5.35. The van der Waals surface area contributed by atoms with Gasteiger partial charge in [0.05, 0.1) is 5.56 Å². The van der Waals surface area contributed by atoms with E-state index in [1.165, 1.54) is 11.4 Å². The second-order valence-electron chi connectivity index (χ2n) is 5.27. The van der Waals surface area contributed by atoms with Crippen molar-refractivity contribution in [2.24, 2.45) is 5.73 Å². The van der Waals surface area contributed by atoms with Crippen LogP contribution in [0.4, 0.5) is 13.2 Å². The normalized spacial score (nSPS) is 17.9. The van der Waals surface area contributed by atoms with Crippen molar-refractivity contribution in [3.63, 3.8) is 0 Å². The van der Waals surface area contributed by atoms with Gasteiger partial charge < -0.3 is 11.1 Å². The standard InChI is InChI=1S/C13H17F3N2OS.ClH/c14-13(15,16)10-9(4-7-20-10)11(19)18-8-12(17)5-2-1-3-6-12;/h4,7H,1-3,5-6,8,17H2,(H,18,19);1H. The van der Waals surface area contributed by atoms with Crippen LogP contribution in [-0.2, 0) is 6.18 Å². The average Bonchev–Trinajstić information content (AvgIpc) is 2.86. The minimum Gasteiger partial charge on any atom is -0.350 e. The van der Waals surface area contributed by atoms with E-state index in [-0.39, 0.29) is 24.5 Å². The molecule has 1 heterocycles. The fourth-order valence-electron chi connectivity index (χ4n) is 2.49. The molecule has 0 aliphatic heterocycles. The summed E-state index contributed by atoms with van der Waals surface area (Å²) in [7, 11) is 0. The molecule has 1 aliphatic carbocycles. The van der Waals surface area contributed by atoms with E-state index in [1.807, 2.05) is 0 Å². The van der Waals surface area contributed by atoms with E-state index < -0.39 is 22.5 Å². The van der Waals surface area contributed by atoms with Crippen LogP contribution in [0.25, 0.3) is 0 Å². The Morgan fingerprint density at radius 2 is 1.95 bits per heavy atom. The lowest BCUT2D eigenvalue weighted by atomic mass is 9.82. The number of amides is 1. The van der Waals surface area contributed by atoms with Gasteiger partial charge in [-0.05, 0) is 24.3 Å². The number of thiophene rings is 1. The molecule has 1 aromatic rings. The Kier molecular flexibility index (Phi) is 6.07. The van der Waals surface area contributed by atoms with Crippen molar-refractivity contribution in [1.29, 1.82) is 0 Å². The molecular weight excluding hydrogens is 325 g/mol. The zero-order chi connectivity index (χ0) is 14.8. The van der Waals surface area contributed by atoms with Crippen LogP contribution in [0, 0.1) is 0 Å². The van der Waals surface area contributed by atoms with Crippen molar-refractivity contribution in [3.8, 4) is 0 Å². The van der Waals surface area contributed by atoms with Crippen LogP contribution in [0.2, 0.25) is 0 Å². The molecule has 0 spiro atoms. The third kappa shape index (κ3) is 4.59. The fraction of sp³-hybridized carbons (Fsp3) is 0.615. The van der Waals surface area contributed by atoms with E-state index in [9.17, 15) is 18.0 Å². The molecule has 0 unspecified atom stereocenters. The fourth-order valence-corrected chi connectivity index (χ4v) is 3.25. The Balaban J connectivity index is 0.00000220. The highest BCUT2D eigenvalue weighted by atomic mass is 35.5. The van der Waals surface area contributed by atoms with Crippen LogP contribution in [-0.4, -0.2) is 18.0 Å². The van der Waals surface area contributed by atoms with Crippen LogP contribution in [0.5, 0.6) is 0 Å². The lowest BCUT2D eigenvalue weighted by Gasteiger charge is -2.33. The van der Waals surface area contributed by atoms with E-state index in [0.717, 1.165) is 32.1 Å². The van der Waals surface area contributed by atoms with Crippen LogP contribution in [0.15, 0.2) is 11.4 Å². The van der Waals surface area contributed by atoms with Crippen molar-refractivity contribution < 1.29 is 18.0 Å². The third-order valence-corrected chi connectivity index (χ3v) is 4.58. The summed E-state index contributed by atoms with van der Waals surface area (Å²) in [6.45, 7) is 0.221. The Morgan fingerprint density at radius 1 is 1.33 bits per heavy atom. The Bertz CT molecular complexity index is 484. The maximum atomic E-state index is 12.7. The van der Waals surface area contributed by atoms with Gasteiger partial charge in [-0.3, -0.25) is 4.79 Å². The number of carbonyl (C=O) groups is 1. The highest BCUT2D eigenvalue weighted by Gasteiger charge is 2.37. The van der Waals surface area contributed by atoms with E-state index in [4.69, 9.17) is 5.73 Å². The predicted molar refractivity (Wildman–Crippen MR) is 78.9 cm³/mol. The minimum absolute atomic E-state index is 0. The van der Waals surface area contributed by atoms with Crippen molar-refractivity contribution in [1.82, 2.24) is 5.32 Å². The van der Waals surface area contributed by atoms with Gasteiger partial charge in [-0.25, -0.2) is 0 Å². The molecule has 3 N–H and O–H groups in total. The molecule has 1 aromatic heterocycles. The molecule has 0 radical (unpaired) electrons. The number of hydrogen-bond donors (Lipinski definition) is 2. The second kappa shape index (κ2) is 6.98. The zero-order valence-electron chi connectivity index (χ0n) is 11.3. The maximum absolute atomic E-state index is 12.7. The number of rotatable bonds is 3. The molecule has 0 atom stereocenters. The van der Waals surface area contributed by atoms with E-state index in [1.54, 1.807) is 0 Å². The van der Waals surface area contributed by atoms with Crippen LogP contribution < -0.4 is 11.1 Å². The van der Waals surface area contributed by atoms with Crippen molar-refractivity contribution in [2.75, 3.05) is 6.54 Å². The summed E-state index contributed by atoms with van der Waals surface area (Å²) in [5.74, 6) is -0.700. The van der Waals surface area contributed by atoms with Gasteiger partial charge in [0.15, 0.2) is 0 Å². The zero-order valence-corrected chi connectivity index (χ0v) is 13.0. The second-order valence-corrected chi connectivity index (χ2v) is 6.18. The summed E-state index contributed by atoms with van der Waals surface area (Å²) >= 11 is 0.528. The van der Waals surface area contributed by atoms with Crippen LogP contribution in [0.3, 0.4) is 0 Å². The lowest BCUT2D eigenvalue weighted by molar-refractivity contribution is -0.134. The third-order valence-electron chi connectivity index (χ3n) is 3.62. The van der Waals surface area contributed by atoms with Gasteiger partial charge in [0.2, 0.25) is 0 Å². The molecule has 1 fully saturated rings. The van der Waals surface area contributed by atoms with Gasteiger partial charge in [-0.1, -0.05) is 19.3 Å². The summed E-state index contributed by atoms with van der Waals surface area (Å²) in [5, 5.41) is 3.82. The minimum atomic E-state index is -4.49. The van der Waals surface area contributed by atoms with Crippen LogP contribution >= 0.6 is 23.7 Å². The highest BCUT2D eigenvalue weighted by molar-refractivity contribution is 7.10. The SMILES string of the molecule is Cl.NC1(CNC(=O)c2ccsc2C(F)(F)F)CCCCC1. The van der Waals surface area contributed by atoms with E-state index in [2.05, 4.69) is 5.32 Å². The monoisotopic (exact) mass is 342 g/mol. The number of nitrogens with two attached hydrogens (primary N) is 1.